The van der Waals surface area contributed by atoms with Crippen LogP contribution in [0.25, 0.3) is 10.9 Å². The van der Waals surface area contributed by atoms with Crippen LogP contribution in [0.4, 0.5) is 0 Å². The summed E-state index contributed by atoms with van der Waals surface area (Å²) in [5, 5.41) is 13.3. The first-order valence-corrected chi connectivity index (χ1v) is 9.55. The predicted molar refractivity (Wildman–Crippen MR) is 112 cm³/mol. The van der Waals surface area contributed by atoms with E-state index in [1.807, 2.05) is 30.3 Å². The minimum Gasteiger partial charge on any atom is -0.346 e. The Hall–Kier alpha value is -3.19. The zero-order chi connectivity index (χ0) is 20.1. The highest BCUT2D eigenvalue weighted by Gasteiger charge is 2.28. The molecule has 0 aliphatic heterocycles. The Bertz CT molecular complexity index is 1020. The monoisotopic (exact) mass is 371 g/mol. The number of nitriles is 1. The van der Waals surface area contributed by atoms with Crippen LogP contribution in [0.15, 0.2) is 60.8 Å². The van der Waals surface area contributed by atoms with Crippen LogP contribution in [0.2, 0.25) is 0 Å². The largest absolute Gasteiger partial charge is 0.346 e. The molecule has 3 aromatic rings. The summed E-state index contributed by atoms with van der Waals surface area (Å²) >= 11 is 0. The topological polar surface area (TPSA) is 65.8 Å². The van der Waals surface area contributed by atoms with Crippen LogP contribution in [0.1, 0.15) is 48.7 Å². The Morgan fingerprint density at radius 2 is 1.93 bits per heavy atom. The molecule has 0 spiro atoms. The zero-order valence-electron chi connectivity index (χ0n) is 16.6. The van der Waals surface area contributed by atoms with Crippen LogP contribution in [-0.2, 0) is 6.42 Å². The molecule has 1 aromatic heterocycles. The van der Waals surface area contributed by atoms with Gasteiger partial charge in [-0.25, -0.2) is 0 Å². The molecule has 0 fully saturated rings. The third kappa shape index (κ3) is 4.55. The van der Waals surface area contributed by atoms with Gasteiger partial charge in [0.15, 0.2) is 0 Å². The van der Waals surface area contributed by atoms with Crippen molar-refractivity contribution in [2.24, 2.45) is 5.92 Å². The van der Waals surface area contributed by atoms with Crippen LogP contribution in [0.3, 0.4) is 0 Å². The van der Waals surface area contributed by atoms with Crippen molar-refractivity contribution >= 4 is 16.8 Å². The summed E-state index contributed by atoms with van der Waals surface area (Å²) in [6.45, 7) is 6.42. The van der Waals surface area contributed by atoms with E-state index in [1.165, 1.54) is 5.56 Å². The maximum Gasteiger partial charge on any atom is 0.253 e. The predicted octanol–water partition coefficient (Wildman–Crippen LogP) is 4.88. The second-order valence-electron chi connectivity index (χ2n) is 7.99. The first-order valence-electron chi connectivity index (χ1n) is 9.55. The van der Waals surface area contributed by atoms with E-state index < -0.39 is 0 Å². The molecule has 1 heterocycles. The molecule has 0 aliphatic carbocycles. The summed E-state index contributed by atoms with van der Waals surface area (Å²) < 4.78 is 0. The van der Waals surface area contributed by atoms with Gasteiger partial charge in [-0.1, -0.05) is 56.3 Å². The second kappa shape index (κ2) is 8.22. The molecule has 1 atom stereocenters. The summed E-state index contributed by atoms with van der Waals surface area (Å²) in [5.41, 5.74) is 2.47. The van der Waals surface area contributed by atoms with Crippen molar-refractivity contribution < 1.29 is 4.79 Å². The van der Waals surface area contributed by atoms with Gasteiger partial charge in [0.25, 0.3) is 5.91 Å². The number of carbonyl (C=O) groups is 1. The van der Waals surface area contributed by atoms with Gasteiger partial charge in [-0.2, -0.15) is 5.26 Å². The van der Waals surface area contributed by atoms with E-state index in [0.29, 0.717) is 22.6 Å². The molecular formula is C24H25N3O. The van der Waals surface area contributed by atoms with Gasteiger partial charge in [-0.3, -0.25) is 9.78 Å². The second-order valence-corrected chi connectivity index (χ2v) is 7.99. The summed E-state index contributed by atoms with van der Waals surface area (Å²) in [6, 6.07) is 19.6. The number of nitrogens with zero attached hydrogens (tertiary/aromatic N) is 2. The lowest BCUT2D eigenvalue weighted by Gasteiger charge is -2.33. The van der Waals surface area contributed by atoms with Crippen molar-refractivity contribution in [3.63, 3.8) is 0 Å². The third-order valence-electron chi connectivity index (χ3n) is 4.80. The van der Waals surface area contributed by atoms with Crippen LogP contribution in [-0.4, -0.2) is 16.4 Å². The zero-order valence-corrected chi connectivity index (χ0v) is 16.6. The van der Waals surface area contributed by atoms with Gasteiger partial charge in [0.05, 0.1) is 16.6 Å². The number of aromatic nitrogens is 1. The molecule has 0 saturated carbocycles. The van der Waals surface area contributed by atoms with Crippen molar-refractivity contribution in [1.29, 1.82) is 5.26 Å². The standard InChI is InChI=1S/C24H25N3O/c1-17(2)13-24(3,14-18-8-5-4-6-9-18)27-23(28)21-12-19-10-7-11-20(15-25)22(19)26-16-21/h4-12,16-17H,13-14H2,1-3H3,(H,27,28). The number of hydrogen-bond acceptors (Lipinski definition) is 3. The Morgan fingerprint density at radius 3 is 2.61 bits per heavy atom. The van der Waals surface area contributed by atoms with Gasteiger partial charge in [0.2, 0.25) is 0 Å². The van der Waals surface area contributed by atoms with Crippen molar-refractivity contribution in [2.75, 3.05) is 0 Å². The van der Waals surface area contributed by atoms with Crippen molar-refractivity contribution in [3.8, 4) is 6.07 Å². The fourth-order valence-electron chi connectivity index (χ4n) is 3.84. The molecule has 0 radical (unpaired) electrons. The number of fused-ring (bicyclic) bond motifs is 1. The van der Waals surface area contributed by atoms with E-state index >= 15 is 0 Å². The van der Waals surface area contributed by atoms with Gasteiger partial charge in [0, 0.05) is 17.1 Å². The molecule has 0 saturated heterocycles. The maximum absolute atomic E-state index is 13.0. The van der Waals surface area contributed by atoms with E-state index in [9.17, 15) is 10.1 Å². The Balaban J connectivity index is 1.87. The molecule has 1 N–H and O–H groups in total. The number of para-hydroxylation sites is 1. The molecule has 142 valence electrons. The van der Waals surface area contributed by atoms with Crippen LogP contribution >= 0.6 is 0 Å². The third-order valence-corrected chi connectivity index (χ3v) is 4.80. The molecule has 4 heteroatoms. The molecular weight excluding hydrogens is 346 g/mol. The van der Waals surface area contributed by atoms with Crippen molar-refractivity contribution in [2.45, 2.75) is 39.2 Å². The quantitative estimate of drug-likeness (QED) is 0.671. The lowest BCUT2D eigenvalue weighted by molar-refractivity contribution is 0.0894. The summed E-state index contributed by atoms with van der Waals surface area (Å²) in [5.74, 6) is 0.303. The smallest absolute Gasteiger partial charge is 0.253 e. The van der Waals surface area contributed by atoms with Crippen molar-refractivity contribution in [3.05, 3.63) is 77.5 Å². The number of carbonyl (C=O) groups excluding carboxylic acids is 1. The highest BCUT2D eigenvalue weighted by Crippen LogP contribution is 2.23. The molecule has 4 nitrogen and oxygen atoms in total. The Kier molecular flexibility index (Phi) is 5.75. The number of rotatable bonds is 6. The molecule has 3 rings (SSSR count). The van der Waals surface area contributed by atoms with Crippen LogP contribution in [0, 0.1) is 17.2 Å². The molecule has 28 heavy (non-hydrogen) atoms. The number of hydrogen-bond donors (Lipinski definition) is 1. The minimum absolute atomic E-state index is 0.143. The normalized spacial score (nSPS) is 13.1. The van der Waals surface area contributed by atoms with E-state index in [0.717, 1.165) is 18.2 Å². The average molecular weight is 371 g/mol. The number of pyridine rings is 1. The Labute approximate surface area is 166 Å². The average Bonchev–Trinajstić information content (AvgIpc) is 2.66. The van der Waals surface area contributed by atoms with Gasteiger partial charge in [-0.15, -0.1) is 0 Å². The molecule has 1 amide bonds. The van der Waals surface area contributed by atoms with E-state index in [-0.39, 0.29) is 11.4 Å². The highest BCUT2D eigenvalue weighted by molar-refractivity contribution is 5.98. The molecule has 2 aromatic carbocycles. The molecule has 0 bridgehead atoms. The highest BCUT2D eigenvalue weighted by atomic mass is 16.1. The van der Waals surface area contributed by atoms with Gasteiger partial charge in [0.1, 0.15) is 6.07 Å². The maximum atomic E-state index is 13.0. The van der Waals surface area contributed by atoms with Gasteiger partial charge < -0.3 is 5.32 Å². The first kappa shape index (κ1) is 19.6. The minimum atomic E-state index is -0.365. The van der Waals surface area contributed by atoms with E-state index in [1.54, 1.807) is 18.3 Å². The fourth-order valence-corrected chi connectivity index (χ4v) is 3.84. The summed E-state index contributed by atoms with van der Waals surface area (Å²) in [7, 11) is 0. The summed E-state index contributed by atoms with van der Waals surface area (Å²) in [6.07, 6.45) is 3.18. The lowest BCUT2D eigenvalue weighted by atomic mass is 9.84. The fraction of sp³-hybridized carbons (Fsp3) is 0.292. The number of benzene rings is 2. The van der Waals surface area contributed by atoms with Gasteiger partial charge >= 0.3 is 0 Å². The lowest BCUT2D eigenvalue weighted by Crippen LogP contribution is -2.48. The number of nitrogens with one attached hydrogen (secondary N) is 1. The molecule has 1 unspecified atom stereocenters. The number of amides is 1. The van der Waals surface area contributed by atoms with Crippen molar-refractivity contribution in [1.82, 2.24) is 10.3 Å². The van der Waals surface area contributed by atoms with E-state index in [4.69, 9.17) is 0 Å². The van der Waals surface area contributed by atoms with Crippen LogP contribution < -0.4 is 5.32 Å². The van der Waals surface area contributed by atoms with Gasteiger partial charge in [-0.05, 0) is 43.4 Å². The molecule has 0 aliphatic rings. The summed E-state index contributed by atoms with van der Waals surface area (Å²) in [4.78, 5) is 17.4. The SMILES string of the molecule is CC(C)CC(C)(Cc1ccccc1)NC(=O)c1cnc2c(C#N)cccc2c1. The first-order chi connectivity index (χ1) is 13.4. The van der Waals surface area contributed by atoms with E-state index in [2.05, 4.69) is 49.3 Å². The van der Waals surface area contributed by atoms with Crippen LogP contribution in [0.5, 0.6) is 0 Å². The Morgan fingerprint density at radius 1 is 1.18 bits per heavy atom.